The number of methoxy groups -OCH3 is 1. The molecular formula is C18H24N4O4S. The Kier molecular flexibility index (Phi) is 7.26. The average molecular weight is 392 g/mol. The van der Waals surface area contributed by atoms with Crippen LogP contribution in [0.1, 0.15) is 37.0 Å². The fourth-order valence-corrected chi connectivity index (χ4v) is 2.90. The van der Waals surface area contributed by atoms with E-state index in [1.807, 2.05) is 13.8 Å². The molecule has 0 aliphatic carbocycles. The molecule has 2 rings (SSSR count). The lowest BCUT2D eigenvalue weighted by Gasteiger charge is -2.10. The van der Waals surface area contributed by atoms with Gasteiger partial charge in [-0.05, 0) is 43.8 Å². The molecule has 1 amide bonds. The summed E-state index contributed by atoms with van der Waals surface area (Å²) in [6, 6.07) is 4.53. The molecule has 0 radical (unpaired) electrons. The normalized spacial score (nSPS) is 12.6. The number of azo groups is 1. The smallest absolute Gasteiger partial charge is 0.295 e. The molecule has 1 atom stereocenters. The molecule has 3 N–H and O–H groups in total. The third kappa shape index (κ3) is 5.01. The third-order valence-electron chi connectivity index (χ3n) is 4.01. The van der Waals surface area contributed by atoms with Crippen LogP contribution in [0.3, 0.4) is 0 Å². The molecule has 0 saturated carbocycles. The minimum Gasteiger partial charge on any atom is -0.494 e. The van der Waals surface area contributed by atoms with Gasteiger partial charge < -0.3 is 20.3 Å². The van der Waals surface area contributed by atoms with Gasteiger partial charge in [0.2, 0.25) is 16.9 Å². The minimum absolute atomic E-state index is 0.0194. The highest BCUT2D eigenvalue weighted by Crippen LogP contribution is 2.37. The van der Waals surface area contributed by atoms with Crippen LogP contribution in [-0.4, -0.2) is 45.6 Å². The van der Waals surface area contributed by atoms with Crippen molar-refractivity contribution in [3.63, 3.8) is 0 Å². The summed E-state index contributed by atoms with van der Waals surface area (Å²) in [5, 5.41) is 31.8. The minimum atomic E-state index is -0.597. The third-order valence-corrected chi connectivity index (χ3v) is 4.21. The number of hydrogen-bond donors (Lipinski definition) is 3. The molecule has 0 bridgehead atoms. The first-order chi connectivity index (χ1) is 12.9. The van der Waals surface area contributed by atoms with E-state index in [-0.39, 0.29) is 28.5 Å². The van der Waals surface area contributed by atoms with E-state index in [4.69, 9.17) is 17.0 Å². The van der Waals surface area contributed by atoms with Gasteiger partial charge in [-0.25, -0.2) is 0 Å². The number of hydrogen-bond acceptors (Lipinski definition) is 5. The second-order valence-corrected chi connectivity index (χ2v) is 6.61. The van der Waals surface area contributed by atoms with Crippen molar-refractivity contribution in [1.29, 1.82) is 0 Å². The molecule has 9 heteroatoms. The van der Waals surface area contributed by atoms with E-state index < -0.39 is 5.91 Å². The van der Waals surface area contributed by atoms with E-state index >= 15 is 0 Å². The molecule has 0 aliphatic rings. The predicted octanol–water partition coefficient (Wildman–Crippen LogP) is 3.35. The standard InChI is InChI=1S/C18H24N4O4S/c1-4-5-8-22-16(24)13-7-6-12(9-14(13)17(22)25)15(23)20-21-18(27)19-11(2)10-26-3/h6-7,9,11,24-25H,4-5,8,10H2,1-3H3,(H,19,27)/t11-/m0/s1. The lowest BCUT2D eigenvalue weighted by atomic mass is 10.1. The summed E-state index contributed by atoms with van der Waals surface area (Å²) in [6.45, 7) is 4.82. The Morgan fingerprint density at radius 3 is 2.67 bits per heavy atom. The van der Waals surface area contributed by atoms with E-state index in [1.165, 1.54) is 16.7 Å². The van der Waals surface area contributed by atoms with E-state index in [0.717, 1.165) is 12.8 Å². The van der Waals surface area contributed by atoms with Crippen molar-refractivity contribution in [2.45, 2.75) is 39.3 Å². The van der Waals surface area contributed by atoms with Crippen LogP contribution >= 0.6 is 12.2 Å². The summed E-state index contributed by atoms with van der Waals surface area (Å²) in [5.41, 5.74) is 0.238. The topological polar surface area (TPSA) is 108 Å². The Morgan fingerprint density at radius 2 is 2.00 bits per heavy atom. The molecule has 146 valence electrons. The molecule has 27 heavy (non-hydrogen) atoms. The highest BCUT2D eigenvalue weighted by Gasteiger charge is 2.17. The SMILES string of the molecule is CCCCn1c(O)c2ccc(C(=O)N=NC(=S)N[C@@H](C)COC)cc2c1O. The van der Waals surface area contributed by atoms with Crippen LogP contribution in [0.25, 0.3) is 10.8 Å². The zero-order valence-electron chi connectivity index (χ0n) is 15.6. The molecule has 0 saturated heterocycles. The van der Waals surface area contributed by atoms with Crippen LogP contribution in [0.2, 0.25) is 0 Å². The lowest BCUT2D eigenvalue weighted by Crippen LogP contribution is -2.33. The van der Waals surface area contributed by atoms with Gasteiger partial charge in [-0.3, -0.25) is 9.36 Å². The summed E-state index contributed by atoms with van der Waals surface area (Å²) in [4.78, 5) is 12.3. The second-order valence-electron chi connectivity index (χ2n) is 6.22. The number of benzene rings is 1. The van der Waals surface area contributed by atoms with Gasteiger partial charge in [0.15, 0.2) is 0 Å². The molecule has 0 spiro atoms. The van der Waals surface area contributed by atoms with Crippen LogP contribution in [0.15, 0.2) is 28.4 Å². The first-order valence-corrected chi connectivity index (χ1v) is 9.09. The van der Waals surface area contributed by atoms with Gasteiger partial charge in [-0.1, -0.05) is 13.3 Å². The molecule has 1 aromatic carbocycles. The Morgan fingerprint density at radius 1 is 1.30 bits per heavy atom. The fourth-order valence-electron chi connectivity index (χ4n) is 2.66. The molecule has 1 aromatic heterocycles. The van der Waals surface area contributed by atoms with Crippen molar-refractivity contribution >= 4 is 34.0 Å². The van der Waals surface area contributed by atoms with E-state index in [0.29, 0.717) is 23.9 Å². The van der Waals surface area contributed by atoms with Gasteiger partial charge in [0.05, 0.1) is 6.61 Å². The zero-order valence-corrected chi connectivity index (χ0v) is 16.4. The van der Waals surface area contributed by atoms with Crippen LogP contribution < -0.4 is 5.32 Å². The quantitative estimate of drug-likeness (QED) is 0.492. The number of ether oxygens (including phenoxy) is 1. The lowest BCUT2D eigenvalue weighted by molar-refractivity contribution is 0.0995. The molecule has 0 aliphatic heterocycles. The van der Waals surface area contributed by atoms with Crippen molar-refractivity contribution in [2.24, 2.45) is 10.2 Å². The first kappa shape index (κ1) is 20.8. The summed E-state index contributed by atoms with van der Waals surface area (Å²) < 4.78 is 6.41. The number of aromatic nitrogens is 1. The number of nitrogens with zero attached hydrogens (tertiary/aromatic N) is 3. The fraction of sp³-hybridized carbons (Fsp3) is 0.444. The van der Waals surface area contributed by atoms with Crippen molar-refractivity contribution in [3.05, 3.63) is 23.8 Å². The van der Waals surface area contributed by atoms with Gasteiger partial charge in [0.1, 0.15) is 0 Å². The van der Waals surface area contributed by atoms with Crippen LogP contribution in [0.5, 0.6) is 11.8 Å². The van der Waals surface area contributed by atoms with E-state index in [2.05, 4.69) is 15.5 Å². The Bertz CT molecular complexity index is 863. The first-order valence-electron chi connectivity index (χ1n) is 8.68. The number of unbranched alkanes of at least 4 members (excludes halogenated alkanes) is 1. The van der Waals surface area contributed by atoms with Crippen molar-refractivity contribution < 1.29 is 19.7 Å². The summed E-state index contributed by atoms with van der Waals surface area (Å²) in [7, 11) is 1.57. The Labute approximate surface area is 162 Å². The van der Waals surface area contributed by atoms with Gasteiger partial charge in [-0.15, -0.1) is 10.2 Å². The number of rotatable bonds is 7. The summed E-state index contributed by atoms with van der Waals surface area (Å²) >= 11 is 5.02. The largest absolute Gasteiger partial charge is 0.494 e. The Hall–Kier alpha value is -2.52. The molecule has 1 heterocycles. The van der Waals surface area contributed by atoms with Gasteiger partial charge >= 0.3 is 0 Å². The number of aromatic hydroxyl groups is 2. The van der Waals surface area contributed by atoms with Gasteiger partial charge in [-0.2, -0.15) is 0 Å². The van der Waals surface area contributed by atoms with Crippen LogP contribution in [0.4, 0.5) is 0 Å². The van der Waals surface area contributed by atoms with Crippen molar-refractivity contribution in [3.8, 4) is 11.8 Å². The summed E-state index contributed by atoms with van der Waals surface area (Å²) in [5.74, 6) is -0.692. The number of carbonyl (C=O) groups is 1. The average Bonchev–Trinajstić information content (AvgIpc) is 2.88. The van der Waals surface area contributed by atoms with Gasteiger partial charge in [0.25, 0.3) is 5.91 Å². The second kappa shape index (κ2) is 9.43. The molecular weight excluding hydrogens is 368 g/mol. The molecule has 0 unspecified atom stereocenters. The molecule has 8 nitrogen and oxygen atoms in total. The maximum Gasteiger partial charge on any atom is 0.295 e. The molecule has 2 aromatic rings. The summed E-state index contributed by atoms with van der Waals surface area (Å²) in [6.07, 6.45) is 1.74. The maximum absolute atomic E-state index is 12.3. The Balaban J connectivity index is 2.18. The zero-order chi connectivity index (χ0) is 20.0. The van der Waals surface area contributed by atoms with E-state index in [1.54, 1.807) is 13.2 Å². The predicted molar refractivity (Wildman–Crippen MR) is 106 cm³/mol. The molecule has 0 fully saturated rings. The van der Waals surface area contributed by atoms with Crippen molar-refractivity contribution in [1.82, 2.24) is 9.88 Å². The number of amides is 1. The van der Waals surface area contributed by atoms with Crippen LogP contribution in [0, 0.1) is 0 Å². The number of nitrogens with one attached hydrogen (secondary N) is 1. The highest BCUT2D eigenvalue weighted by molar-refractivity contribution is 7.80. The number of thiocarbonyl (C=S) groups is 1. The van der Waals surface area contributed by atoms with Gasteiger partial charge in [0, 0.05) is 36.0 Å². The highest BCUT2D eigenvalue weighted by atomic mass is 32.1. The van der Waals surface area contributed by atoms with E-state index in [9.17, 15) is 15.0 Å². The maximum atomic E-state index is 12.3. The monoisotopic (exact) mass is 392 g/mol. The van der Waals surface area contributed by atoms with Crippen LogP contribution in [-0.2, 0) is 11.3 Å². The number of carbonyl (C=O) groups excluding carboxylic acids is 1. The number of fused-ring (bicyclic) bond motifs is 1. The van der Waals surface area contributed by atoms with Crippen molar-refractivity contribution in [2.75, 3.05) is 13.7 Å².